The van der Waals surface area contributed by atoms with Crippen molar-refractivity contribution in [3.8, 4) is 16.9 Å². The molecular formula is C31H34ClNO3. The minimum Gasteiger partial charge on any atom is -0.497 e. The van der Waals surface area contributed by atoms with Gasteiger partial charge in [0.25, 0.3) is 0 Å². The predicted octanol–water partition coefficient (Wildman–Crippen LogP) is 6.67. The molecule has 0 fully saturated rings. The van der Waals surface area contributed by atoms with Gasteiger partial charge in [0.15, 0.2) is 0 Å². The summed E-state index contributed by atoms with van der Waals surface area (Å²) < 4.78 is 5.31. The molecule has 0 radical (unpaired) electrons. The second kappa shape index (κ2) is 12.1. The second-order valence-electron chi connectivity index (χ2n) is 9.48. The van der Waals surface area contributed by atoms with Crippen molar-refractivity contribution in [1.82, 2.24) is 5.32 Å². The summed E-state index contributed by atoms with van der Waals surface area (Å²) in [5.74, 6) is 0.0651. The highest BCUT2D eigenvalue weighted by molar-refractivity contribution is 5.97. The smallest absolute Gasteiger partial charge is 0.313 e. The van der Waals surface area contributed by atoms with Gasteiger partial charge in [0.1, 0.15) is 5.75 Å². The molecule has 0 saturated carbocycles. The molecule has 0 bridgehead atoms. The summed E-state index contributed by atoms with van der Waals surface area (Å²) >= 11 is 0. The third-order valence-electron chi connectivity index (χ3n) is 6.67. The van der Waals surface area contributed by atoms with Gasteiger partial charge in [-0.05, 0) is 90.5 Å². The number of aliphatic carboxylic acids is 1. The number of halogens is 1. The summed E-state index contributed by atoms with van der Waals surface area (Å²) in [5.41, 5.74) is 4.55. The minimum atomic E-state index is -0.948. The fourth-order valence-electron chi connectivity index (χ4n) is 4.37. The molecule has 0 aliphatic rings. The number of hydrogen-bond acceptors (Lipinski definition) is 3. The fourth-order valence-corrected chi connectivity index (χ4v) is 4.37. The molecule has 2 N–H and O–H groups in total. The highest BCUT2D eigenvalue weighted by Gasteiger charge is 2.29. The van der Waals surface area contributed by atoms with E-state index in [0.29, 0.717) is 0 Å². The van der Waals surface area contributed by atoms with Crippen molar-refractivity contribution in [3.05, 3.63) is 102 Å². The monoisotopic (exact) mass is 503 g/mol. The van der Waals surface area contributed by atoms with E-state index in [2.05, 4.69) is 59.9 Å². The number of ether oxygens (including phenoxy) is 1. The van der Waals surface area contributed by atoms with Crippen LogP contribution in [0.3, 0.4) is 0 Å². The quantitative estimate of drug-likeness (QED) is 0.237. The first-order valence-corrected chi connectivity index (χ1v) is 12.1. The first-order valence-electron chi connectivity index (χ1n) is 12.1. The Balaban J connectivity index is 0.00000361. The molecule has 5 heteroatoms. The maximum absolute atomic E-state index is 11.8. The van der Waals surface area contributed by atoms with Gasteiger partial charge in [-0.15, -0.1) is 12.4 Å². The Kier molecular flexibility index (Phi) is 9.14. The van der Waals surface area contributed by atoms with Crippen molar-refractivity contribution in [1.29, 1.82) is 0 Å². The van der Waals surface area contributed by atoms with E-state index in [0.717, 1.165) is 48.4 Å². The minimum absolute atomic E-state index is 0. The average Bonchev–Trinajstić information content (AvgIpc) is 2.88. The standard InChI is InChI=1S/C31H33NO3.ClH/c1-31(2,30(33)34)26-11-7-10-25(21-26)29-20-23(18-24-9-4-5-13-28(24)29)15-17-32-16-14-22-8-6-12-27(19-22)35-3;/h4-13,18-21,32H,14-17H2,1-3H3,(H,33,34);1H. The largest absolute Gasteiger partial charge is 0.497 e. The van der Waals surface area contributed by atoms with E-state index in [1.54, 1.807) is 21.0 Å². The van der Waals surface area contributed by atoms with Gasteiger partial charge < -0.3 is 15.2 Å². The van der Waals surface area contributed by atoms with Crippen LogP contribution in [0, 0.1) is 0 Å². The predicted molar refractivity (Wildman–Crippen MR) is 151 cm³/mol. The first-order chi connectivity index (χ1) is 16.9. The lowest BCUT2D eigenvalue weighted by molar-refractivity contribution is -0.142. The molecular weight excluding hydrogens is 470 g/mol. The van der Waals surface area contributed by atoms with Crippen LogP contribution >= 0.6 is 12.4 Å². The maximum atomic E-state index is 11.8. The zero-order valence-electron chi connectivity index (χ0n) is 21.1. The summed E-state index contributed by atoms with van der Waals surface area (Å²) in [7, 11) is 1.69. The lowest BCUT2D eigenvalue weighted by Gasteiger charge is -2.21. The van der Waals surface area contributed by atoms with Crippen molar-refractivity contribution in [2.24, 2.45) is 0 Å². The normalized spacial score (nSPS) is 11.2. The molecule has 36 heavy (non-hydrogen) atoms. The number of benzene rings is 4. The van der Waals surface area contributed by atoms with Crippen LogP contribution in [0.2, 0.25) is 0 Å². The number of carboxylic acid groups (broad SMARTS) is 1. The Morgan fingerprint density at radius 1 is 0.861 bits per heavy atom. The summed E-state index contributed by atoms with van der Waals surface area (Å²) in [4.78, 5) is 11.8. The highest BCUT2D eigenvalue weighted by atomic mass is 35.5. The van der Waals surface area contributed by atoms with Gasteiger partial charge in [-0.3, -0.25) is 4.79 Å². The van der Waals surface area contributed by atoms with Gasteiger partial charge in [0, 0.05) is 0 Å². The Morgan fingerprint density at radius 3 is 2.33 bits per heavy atom. The molecule has 4 nitrogen and oxygen atoms in total. The number of carbonyl (C=O) groups is 1. The molecule has 0 unspecified atom stereocenters. The van der Waals surface area contributed by atoms with E-state index >= 15 is 0 Å². The number of carboxylic acids is 1. The molecule has 0 heterocycles. The SMILES string of the molecule is COc1cccc(CCNCCc2cc(-c3cccc(C(C)(C)C(=O)O)c3)c3ccccc3c2)c1.Cl. The second-order valence-corrected chi connectivity index (χ2v) is 9.48. The maximum Gasteiger partial charge on any atom is 0.313 e. The van der Waals surface area contributed by atoms with Crippen LogP contribution in [-0.2, 0) is 23.1 Å². The van der Waals surface area contributed by atoms with E-state index in [1.807, 2.05) is 30.3 Å². The van der Waals surface area contributed by atoms with Crippen LogP contribution in [0.4, 0.5) is 0 Å². The highest BCUT2D eigenvalue weighted by Crippen LogP contribution is 2.33. The Bertz CT molecular complexity index is 1330. The fraction of sp³-hybridized carbons (Fsp3) is 0.258. The molecule has 188 valence electrons. The van der Waals surface area contributed by atoms with Crippen molar-refractivity contribution in [2.45, 2.75) is 32.1 Å². The molecule has 0 amide bonds. The van der Waals surface area contributed by atoms with Gasteiger partial charge in [-0.2, -0.15) is 0 Å². The van der Waals surface area contributed by atoms with Crippen LogP contribution in [0.1, 0.15) is 30.5 Å². The van der Waals surface area contributed by atoms with E-state index in [1.165, 1.54) is 21.9 Å². The molecule has 4 aromatic carbocycles. The van der Waals surface area contributed by atoms with E-state index in [9.17, 15) is 9.90 Å². The summed E-state index contributed by atoms with van der Waals surface area (Å²) in [6.45, 7) is 5.29. The number of fused-ring (bicyclic) bond motifs is 1. The lowest BCUT2D eigenvalue weighted by atomic mass is 9.83. The number of nitrogens with one attached hydrogen (secondary N) is 1. The van der Waals surface area contributed by atoms with Crippen LogP contribution < -0.4 is 10.1 Å². The van der Waals surface area contributed by atoms with E-state index in [-0.39, 0.29) is 12.4 Å². The van der Waals surface area contributed by atoms with Gasteiger partial charge in [0.2, 0.25) is 0 Å². The van der Waals surface area contributed by atoms with Crippen molar-refractivity contribution < 1.29 is 14.6 Å². The van der Waals surface area contributed by atoms with Crippen LogP contribution in [0.5, 0.6) is 5.75 Å². The molecule has 0 saturated heterocycles. The summed E-state index contributed by atoms with van der Waals surface area (Å²) in [5, 5.41) is 15.6. The summed E-state index contributed by atoms with van der Waals surface area (Å²) in [6, 6.07) is 29.0. The zero-order chi connectivity index (χ0) is 24.8. The van der Waals surface area contributed by atoms with Crippen molar-refractivity contribution in [2.75, 3.05) is 20.2 Å². The van der Waals surface area contributed by atoms with Gasteiger partial charge in [0.05, 0.1) is 12.5 Å². The number of hydrogen-bond donors (Lipinski definition) is 2. The van der Waals surface area contributed by atoms with Gasteiger partial charge in [-0.25, -0.2) is 0 Å². The van der Waals surface area contributed by atoms with E-state index < -0.39 is 11.4 Å². The third kappa shape index (κ3) is 6.26. The molecule has 0 spiro atoms. The summed E-state index contributed by atoms with van der Waals surface area (Å²) in [6.07, 6.45) is 1.86. The zero-order valence-corrected chi connectivity index (χ0v) is 21.9. The lowest BCUT2D eigenvalue weighted by Crippen LogP contribution is -2.28. The topological polar surface area (TPSA) is 58.6 Å². The molecule has 0 aliphatic carbocycles. The van der Waals surface area contributed by atoms with Gasteiger partial charge in [-0.1, -0.05) is 72.8 Å². The molecule has 4 rings (SSSR count). The van der Waals surface area contributed by atoms with E-state index in [4.69, 9.17) is 4.74 Å². The Morgan fingerprint density at radius 2 is 1.58 bits per heavy atom. The molecule has 0 aromatic heterocycles. The molecule has 4 aromatic rings. The van der Waals surface area contributed by atoms with Crippen molar-refractivity contribution >= 4 is 29.1 Å². The Hall–Kier alpha value is -3.34. The van der Waals surface area contributed by atoms with Crippen LogP contribution in [0.15, 0.2) is 84.9 Å². The molecule has 0 aliphatic heterocycles. The van der Waals surface area contributed by atoms with Crippen LogP contribution in [-0.4, -0.2) is 31.3 Å². The van der Waals surface area contributed by atoms with Crippen molar-refractivity contribution in [3.63, 3.8) is 0 Å². The van der Waals surface area contributed by atoms with Crippen LogP contribution in [0.25, 0.3) is 21.9 Å². The van der Waals surface area contributed by atoms with Gasteiger partial charge >= 0.3 is 5.97 Å². The first kappa shape index (κ1) is 27.3. The average molecular weight is 504 g/mol. The Labute approximate surface area is 219 Å². The number of rotatable bonds is 10. The third-order valence-corrected chi connectivity index (χ3v) is 6.67. The number of methoxy groups -OCH3 is 1. The molecule has 0 atom stereocenters.